The van der Waals surface area contributed by atoms with E-state index in [0.717, 1.165) is 16.3 Å². The maximum atomic E-state index is 14.0. The van der Waals surface area contributed by atoms with Gasteiger partial charge >= 0.3 is 0 Å². The second-order valence-corrected chi connectivity index (χ2v) is 8.35. The highest BCUT2D eigenvalue weighted by molar-refractivity contribution is 7.89. The molecule has 0 unspecified atom stereocenters. The van der Waals surface area contributed by atoms with Crippen LogP contribution in [-0.2, 0) is 16.4 Å². The zero-order chi connectivity index (χ0) is 19.8. The molecule has 3 rings (SSSR count). The molecule has 0 bridgehead atoms. The molecule has 1 aliphatic rings. The third kappa shape index (κ3) is 3.66. The number of rotatable bonds is 4. The molecular weight excluding hydrogens is 386 g/mol. The molecule has 0 radical (unpaired) electrons. The first-order valence-corrected chi connectivity index (χ1v) is 9.76. The van der Waals surface area contributed by atoms with Crippen LogP contribution in [0.5, 0.6) is 5.75 Å². The number of sulfonamides is 1. The third-order valence-electron chi connectivity index (χ3n) is 4.74. The van der Waals surface area contributed by atoms with Crippen molar-refractivity contribution in [3.8, 4) is 5.75 Å². The lowest BCUT2D eigenvalue weighted by Gasteiger charge is -2.31. The van der Waals surface area contributed by atoms with Gasteiger partial charge in [0, 0.05) is 13.1 Å². The highest BCUT2D eigenvalue weighted by Crippen LogP contribution is 2.34. The average Bonchev–Trinajstić information content (AvgIpc) is 2.66. The van der Waals surface area contributed by atoms with Gasteiger partial charge in [-0.3, -0.25) is 0 Å². The summed E-state index contributed by atoms with van der Waals surface area (Å²) in [6.45, 7) is -0.0499. The maximum Gasteiger partial charge on any atom is 0.249 e. The van der Waals surface area contributed by atoms with E-state index in [2.05, 4.69) is 0 Å². The zero-order valence-electron chi connectivity index (χ0n) is 14.1. The number of piperidine rings is 1. The van der Waals surface area contributed by atoms with E-state index in [4.69, 9.17) is 5.11 Å². The smallest absolute Gasteiger partial charge is 0.249 e. The lowest BCUT2D eigenvalue weighted by atomic mass is 9.91. The number of benzene rings is 2. The van der Waals surface area contributed by atoms with Crippen LogP contribution in [0.25, 0.3) is 0 Å². The molecule has 0 aromatic heterocycles. The van der Waals surface area contributed by atoms with Crippen molar-refractivity contribution in [1.82, 2.24) is 4.31 Å². The molecule has 146 valence electrons. The van der Waals surface area contributed by atoms with Crippen LogP contribution >= 0.6 is 0 Å². The van der Waals surface area contributed by atoms with Gasteiger partial charge in [-0.05, 0) is 30.7 Å². The summed E-state index contributed by atoms with van der Waals surface area (Å²) in [7, 11) is -4.79. The van der Waals surface area contributed by atoms with Crippen LogP contribution in [0, 0.1) is 29.2 Å². The highest BCUT2D eigenvalue weighted by atomic mass is 32.2. The Kier molecular flexibility index (Phi) is 5.43. The molecule has 9 heteroatoms. The van der Waals surface area contributed by atoms with Crippen LogP contribution in [0.15, 0.2) is 35.2 Å². The summed E-state index contributed by atoms with van der Waals surface area (Å²) in [5, 5.41) is 9.00. The fraction of sp³-hybridized carbons (Fsp3) is 0.333. The number of phenols is 1. The Morgan fingerprint density at radius 1 is 0.926 bits per heavy atom. The van der Waals surface area contributed by atoms with E-state index in [1.54, 1.807) is 0 Å². The molecule has 0 amide bonds. The van der Waals surface area contributed by atoms with Crippen LogP contribution in [0.3, 0.4) is 0 Å². The van der Waals surface area contributed by atoms with Gasteiger partial charge in [-0.2, -0.15) is 13.1 Å². The summed E-state index contributed by atoms with van der Waals surface area (Å²) < 4.78 is 80.9. The normalized spacial score (nSPS) is 16.6. The number of halogens is 4. The van der Waals surface area contributed by atoms with Gasteiger partial charge in [-0.1, -0.05) is 30.3 Å². The van der Waals surface area contributed by atoms with E-state index in [9.17, 15) is 26.0 Å². The molecular formula is C18H17F4NO3S. The molecule has 2 aromatic carbocycles. The Morgan fingerprint density at radius 2 is 1.44 bits per heavy atom. The topological polar surface area (TPSA) is 57.6 Å². The van der Waals surface area contributed by atoms with Gasteiger partial charge in [-0.15, -0.1) is 0 Å². The lowest BCUT2D eigenvalue weighted by Crippen LogP contribution is -2.39. The van der Waals surface area contributed by atoms with Gasteiger partial charge in [0.2, 0.25) is 21.7 Å². The lowest BCUT2D eigenvalue weighted by molar-refractivity contribution is 0.269. The standard InChI is InChI=1S/C18H17F4NO3S/c19-13-15(21)18(16(22)14(20)17(13)24)27(25,26)23-8-6-12(7-9-23)10-11-4-2-1-3-5-11/h1-5,12,24H,6-10H2. The van der Waals surface area contributed by atoms with Gasteiger partial charge in [0.1, 0.15) is 0 Å². The van der Waals surface area contributed by atoms with Gasteiger partial charge in [-0.25, -0.2) is 17.2 Å². The van der Waals surface area contributed by atoms with Gasteiger partial charge < -0.3 is 5.11 Å². The Morgan fingerprint density at radius 3 is 1.96 bits per heavy atom. The van der Waals surface area contributed by atoms with E-state index in [1.165, 1.54) is 0 Å². The molecule has 0 atom stereocenters. The van der Waals surface area contributed by atoms with Crippen LogP contribution < -0.4 is 0 Å². The molecule has 1 heterocycles. The van der Waals surface area contributed by atoms with Crippen molar-refractivity contribution in [3.63, 3.8) is 0 Å². The average molecular weight is 403 g/mol. The van der Waals surface area contributed by atoms with Crippen molar-refractivity contribution in [2.24, 2.45) is 5.92 Å². The number of hydrogen-bond donors (Lipinski definition) is 1. The molecule has 2 aromatic rings. The second kappa shape index (κ2) is 7.47. The summed E-state index contributed by atoms with van der Waals surface area (Å²) in [4.78, 5) is -1.71. The Hall–Kier alpha value is -2.13. The summed E-state index contributed by atoms with van der Waals surface area (Å²) in [6, 6.07) is 9.59. The van der Waals surface area contributed by atoms with E-state index < -0.39 is 43.9 Å². The molecule has 1 N–H and O–H groups in total. The minimum atomic E-state index is -4.79. The van der Waals surface area contributed by atoms with Crippen LogP contribution in [0.1, 0.15) is 18.4 Å². The quantitative estimate of drug-likeness (QED) is 0.627. The number of hydrogen-bond acceptors (Lipinski definition) is 3. The van der Waals surface area contributed by atoms with E-state index in [0.29, 0.717) is 12.8 Å². The molecule has 0 saturated carbocycles. The molecule has 1 aliphatic heterocycles. The van der Waals surface area contributed by atoms with Crippen molar-refractivity contribution >= 4 is 10.0 Å². The minimum Gasteiger partial charge on any atom is -0.503 e. The van der Waals surface area contributed by atoms with Gasteiger partial charge in [0.15, 0.2) is 22.3 Å². The van der Waals surface area contributed by atoms with Crippen molar-refractivity contribution in [3.05, 3.63) is 59.2 Å². The number of phenolic OH excluding ortho intramolecular Hbond substituents is 1. The van der Waals surface area contributed by atoms with Crippen LogP contribution in [0.4, 0.5) is 17.6 Å². The minimum absolute atomic E-state index is 0.0250. The number of aromatic hydroxyl groups is 1. The monoisotopic (exact) mass is 403 g/mol. The first-order chi connectivity index (χ1) is 12.7. The summed E-state index contributed by atoms with van der Waals surface area (Å²) >= 11 is 0. The molecule has 1 fully saturated rings. The predicted molar refractivity (Wildman–Crippen MR) is 89.6 cm³/mol. The van der Waals surface area contributed by atoms with E-state index in [-0.39, 0.29) is 19.0 Å². The summed E-state index contributed by atoms with van der Waals surface area (Å²) in [5.74, 6) is -10.2. The predicted octanol–water partition coefficient (Wildman–Crippen LogP) is 3.59. The first kappa shape index (κ1) is 19.6. The Bertz CT molecular complexity index is 914. The maximum absolute atomic E-state index is 14.0. The fourth-order valence-corrected chi connectivity index (χ4v) is 4.84. The summed E-state index contributed by atoms with van der Waals surface area (Å²) in [5.41, 5.74) is 1.10. The van der Waals surface area contributed by atoms with E-state index >= 15 is 0 Å². The number of nitrogens with zero attached hydrogens (tertiary/aromatic N) is 1. The SMILES string of the molecule is O=S(=O)(c1c(F)c(F)c(O)c(F)c1F)N1CCC(Cc2ccccc2)CC1. The molecule has 27 heavy (non-hydrogen) atoms. The highest BCUT2D eigenvalue weighted by Gasteiger charge is 2.38. The first-order valence-electron chi connectivity index (χ1n) is 8.32. The van der Waals surface area contributed by atoms with Gasteiger partial charge in [0.05, 0.1) is 0 Å². The van der Waals surface area contributed by atoms with Crippen LogP contribution in [-0.4, -0.2) is 30.9 Å². The molecule has 0 aliphatic carbocycles. The molecule has 0 spiro atoms. The molecule has 1 saturated heterocycles. The van der Waals surface area contributed by atoms with Gasteiger partial charge in [0.25, 0.3) is 0 Å². The van der Waals surface area contributed by atoms with Crippen LogP contribution in [0.2, 0.25) is 0 Å². The van der Waals surface area contributed by atoms with Crippen molar-refractivity contribution in [1.29, 1.82) is 0 Å². The second-order valence-electron chi connectivity index (χ2n) is 6.47. The summed E-state index contributed by atoms with van der Waals surface area (Å²) in [6.07, 6.45) is 1.63. The van der Waals surface area contributed by atoms with Crippen molar-refractivity contribution < 1.29 is 31.1 Å². The van der Waals surface area contributed by atoms with Crippen molar-refractivity contribution in [2.75, 3.05) is 13.1 Å². The molecule has 4 nitrogen and oxygen atoms in total. The largest absolute Gasteiger partial charge is 0.503 e. The Balaban J connectivity index is 1.80. The third-order valence-corrected chi connectivity index (χ3v) is 6.66. The van der Waals surface area contributed by atoms with Crippen molar-refractivity contribution in [2.45, 2.75) is 24.2 Å². The fourth-order valence-electron chi connectivity index (χ4n) is 3.26. The van der Waals surface area contributed by atoms with E-state index in [1.807, 2.05) is 30.3 Å². The zero-order valence-corrected chi connectivity index (χ0v) is 14.9. The Labute approximate surface area is 154 Å².